The maximum Gasteiger partial charge on any atom is 0.229 e. The van der Waals surface area contributed by atoms with Crippen molar-refractivity contribution in [3.8, 4) is 0 Å². The number of imidazole rings is 1. The molecular formula is C24H28N8. The molecule has 3 aromatic heterocycles. The molecule has 0 bridgehead atoms. The van der Waals surface area contributed by atoms with E-state index in [1.165, 1.54) is 5.56 Å². The summed E-state index contributed by atoms with van der Waals surface area (Å²) in [5, 5.41) is 3.50. The fourth-order valence-corrected chi connectivity index (χ4v) is 4.01. The number of hydrogen-bond donors (Lipinski definition) is 1. The summed E-state index contributed by atoms with van der Waals surface area (Å²) in [5.74, 6) is 2.54. The van der Waals surface area contributed by atoms with Crippen molar-refractivity contribution in [1.82, 2.24) is 24.5 Å². The molecular weight excluding hydrogens is 400 g/mol. The Balaban J connectivity index is 1.41. The van der Waals surface area contributed by atoms with Gasteiger partial charge < -0.3 is 19.7 Å². The molecule has 1 N–H and O–H groups in total. The minimum absolute atomic E-state index is 0.269. The van der Waals surface area contributed by atoms with Crippen LogP contribution in [-0.2, 0) is 6.54 Å². The monoisotopic (exact) mass is 428 g/mol. The van der Waals surface area contributed by atoms with Gasteiger partial charge in [0, 0.05) is 45.0 Å². The van der Waals surface area contributed by atoms with E-state index in [0.29, 0.717) is 6.54 Å². The molecule has 0 amide bonds. The molecule has 4 heterocycles. The Morgan fingerprint density at radius 1 is 0.875 bits per heavy atom. The van der Waals surface area contributed by atoms with E-state index in [4.69, 9.17) is 9.97 Å². The van der Waals surface area contributed by atoms with Gasteiger partial charge in [-0.2, -0.15) is 9.97 Å². The number of aromatic nitrogens is 5. The zero-order valence-corrected chi connectivity index (χ0v) is 18.5. The Hall–Kier alpha value is -3.68. The molecule has 0 atom stereocenters. The molecule has 8 nitrogen and oxygen atoms in total. The van der Waals surface area contributed by atoms with Crippen LogP contribution in [0.4, 0.5) is 17.6 Å². The van der Waals surface area contributed by atoms with Gasteiger partial charge >= 0.3 is 0 Å². The highest BCUT2D eigenvalue weighted by Crippen LogP contribution is 2.26. The molecule has 1 fully saturated rings. The van der Waals surface area contributed by atoms with E-state index >= 15 is 0 Å². The van der Waals surface area contributed by atoms with Gasteiger partial charge in [0.15, 0.2) is 17.0 Å². The second kappa shape index (κ2) is 8.82. The van der Waals surface area contributed by atoms with Crippen LogP contribution in [0.15, 0.2) is 61.1 Å². The fraction of sp³-hybridized carbons (Fsp3) is 0.333. The van der Waals surface area contributed by atoms with Crippen LogP contribution in [0.5, 0.6) is 0 Å². The second-order valence-electron chi connectivity index (χ2n) is 8.29. The summed E-state index contributed by atoms with van der Waals surface area (Å²) in [6.07, 6.45) is 3.71. The number of pyridine rings is 1. The molecule has 1 aromatic carbocycles. The topological polar surface area (TPSA) is 75.0 Å². The van der Waals surface area contributed by atoms with Gasteiger partial charge in [0.1, 0.15) is 5.82 Å². The first-order chi connectivity index (χ1) is 15.7. The standard InChI is InChI=1S/C24H28N8/c1-18(2)32-17-27-21-22(26-16-19-8-4-3-5-9-19)28-24(29-23(21)32)31-14-12-30(13-15-31)20-10-6-7-11-25-20/h3-11,17-18H,12-16H2,1-2H3,(H,26,28,29). The van der Waals surface area contributed by atoms with Gasteiger partial charge in [-0.15, -0.1) is 0 Å². The zero-order valence-electron chi connectivity index (χ0n) is 18.5. The molecule has 0 saturated carbocycles. The van der Waals surface area contributed by atoms with E-state index in [2.05, 4.69) is 61.7 Å². The number of hydrogen-bond acceptors (Lipinski definition) is 7. The van der Waals surface area contributed by atoms with Gasteiger partial charge in [-0.3, -0.25) is 0 Å². The van der Waals surface area contributed by atoms with E-state index in [0.717, 1.165) is 54.9 Å². The van der Waals surface area contributed by atoms with Crippen molar-refractivity contribution in [2.45, 2.75) is 26.4 Å². The van der Waals surface area contributed by atoms with Gasteiger partial charge in [0.25, 0.3) is 0 Å². The van der Waals surface area contributed by atoms with Crippen LogP contribution in [0.1, 0.15) is 25.5 Å². The lowest BCUT2D eigenvalue weighted by molar-refractivity contribution is 0.609. The van der Waals surface area contributed by atoms with E-state index in [1.54, 1.807) is 0 Å². The van der Waals surface area contributed by atoms with E-state index in [1.807, 2.05) is 42.9 Å². The van der Waals surface area contributed by atoms with Crippen LogP contribution >= 0.6 is 0 Å². The molecule has 0 spiro atoms. The second-order valence-corrected chi connectivity index (χ2v) is 8.29. The molecule has 1 aliphatic heterocycles. The van der Waals surface area contributed by atoms with Crippen LogP contribution in [0.25, 0.3) is 11.2 Å². The van der Waals surface area contributed by atoms with Gasteiger partial charge in [0.2, 0.25) is 5.95 Å². The molecule has 0 radical (unpaired) electrons. The molecule has 0 unspecified atom stereocenters. The normalized spacial score (nSPS) is 14.3. The maximum atomic E-state index is 4.93. The molecule has 0 aliphatic carbocycles. The van der Waals surface area contributed by atoms with E-state index < -0.39 is 0 Å². The maximum absolute atomic E-state index is 4.93. The van der Waals surface area contributed by atoms with Crippen molar-refractivity contribution >= 4 is 28.7 Å². The summed E-state index contributed by atoms with van der Waals surface area (Å²) in [4.78, 5) is 23.5. The van der Waals surface area contributed by atoms with Crippen LogP contribution in [-0.4, -0.2) is 50.7 Å². The summed E-state index contributed by atoms with van der Waals surface area (Å²) in [7, 11) is 0. The van der Waals surface area contributed by atoms with Crippen molar-refractivity contribution in [1.29, 1.82) is 0 Å². The quantitative estimate of drug-likeness (QED) is 0.501. The molecule has 8 heteroatoms. The number of anilines is 3. The van der Waals surface area contributed by atoms with E-state index in [9.17, 15) is 0 Å². The third kappa shape index (κ3) is 4.08. The number of piperazine rings is 1. The average Bonchev–Trinajstić information content (AvgIpc) is 3.28. The zero-order chi connectivity index (χ0) is 21.9. The third-order valence-corrected chi connectivity index (χ3v) is 5.80. The van der Waals surface area contributed by atoms with Crippen molar-refractivity contribution in [2.75, 3.05) is 41.3 Å². The molecule has 5 rings (SSSR count). The Morgan fingerprint density at radius 2 is 1.62 bits per heavy atom. The van der Waals surface area contributed by atoms with Crippen LogP contribution in [0.2, 0.25) is 0 Å². The van der Waals surface area contributed by atoms with Crippen LogP contribution < -0.4 is 15.1 Å². The number of fused-ring (bicyclic) bond motifs is 1. The van der Waals surface area contributed by atoms with Gasteiger partial charge in [0.05, 0.1) is 6.33 Å². The minimum Gasteiger partial charge on any atom is -0.364 e. The van der Waals surface area contributed by atoms with Crippen LogP contribution in [0, 0.1) is 0 Å². The predicted octanol–water partition coefficient (Wildman–Crippen LogP) is 3.74. The number of rotatable bonds is 6. The lowest BCUT2D eigenvalue weighted by Crippen LogP contribution is -2.47. The highest BCUT2D eigenvalue weighted by atomic mass is 15.3. The van der Waals surface area contributed by atoms with Gasteiger partial charge in [-0.05, 0) is 31.5 Å². The highest BCUT2D eigenvalue weighted by Gasteiger charge is 2.23. The summed E-state index contributed by atoms with van der Waals surface area (Å²) < 4.78 is 2.11. The molecule has 4 aromatic rings. The Bertz CT molecular complexity index is 1160. The number of benzene rings is 1. The number of nitrogens with one attached hydrogen (secondary N) is 1. The van der Waals surface area contributed by atoms with E-state index in [-0.39, 0.29) is 6.04 Å². The van der Waals surface area contributed by atoms with Gasteiger partial charge in [-0.25, -0.2) is 9.97 Å². The molecule has 164 valence electrons. The lowest BCUT2D eigenvalue weighted by Gasteiger charge is -2.35. The first-order valence-corrected chi connectivity index (χ1v) is 11.1. The summed E-state index contributed by atoms with van der Waals surface area (Å²) in [6.45, 7) is 8.43. The SMILES string of the molecule is CC(C)n1cnc2c(NCc3ccccc3)nc(N3CCN(c4ccccn4)CC3)nc21. The first kappa shape index (κ1) is 20.2. The highest BCUT2D eigenvalue weighted by molar-refractivity contribution is 5.84. The van der Waals surface area contributed by atoms with Gasteiger partial charge in [-0.1, -0.05) is 36.4 Å². The molecule has 32 heavy (non-hydrogen) atoms. The van der Waals surface area contributed by atoms with Crippen molar-refractivity contribution in [3.63, 3.8) is 0 Å². The Kier molecular flexibility index (Phi) is 5.58. The summed E-state index contributed by atoms with van der Waals surface area (Å²) in [5.41, 5.74) is 2.88. The summed E-state index contributed by atoms with van der Waals surface area (Å²) in [6, 6.07) is 16.6. The molecule has 1 saturated heterocycles. The average molecular weight is 429 g/mol. The predicted molar refractivity (Wildman–Crippen MR) is 128 cm³/mol. The van der Waals surface area contributed by atoms with Crippen molar-refractivity contribution < 1.29 is 0 Å². The summed E-state index contributed by atoms with van der Waals surface area (Å²) >= 11 is 0. The largest absolute Gasteiger partial charge is 0.364 e. The Morgan fingerprint density at radius 3 is 2.34 bits per heavy atom. The number of nitrogens with zero attached hydrogens (tertiary/aromatic N) is 7. The smallest absolute Gasteiger partial charge is 0.229 e. The minimum atomic E-state index is 0.269. The lowest BCUT2D eigenvalue weighted by atomic mass is 10.2. The fourth-order valence-electron chi connectivity index (χ4n) is 4.01. The van der Waals surface area contributed by atoms with Crippen molar-refractivity contribution in [2.24, 2.45) is 0 Å². The third-order valence-electron chi connectivity index (χ3n) is 5.80. The van der Waals surface area contributed by atoms with Crippen LogP contribution in [0.3, 0.4) is 0 Å². The van der Waals surface area contributed by atoms with Crippen molar-refractivity contribution in [3.05, 3.63) is 66.6 Å². The Labute approximate surface area is 188 Å². The first-order valence-electron chi connectivity index (χ1n) is 11.1. The molecule has 1 aliphatic rings.